The number of nitro groups is 1. The zero-order chi connectivity index (χ0) is 19.6. The van der Waals surface area contributed by atoms with Crippen molar-refractivity contribution in [3.05, 3.63) is 33.4 Å². The number of carbonyl (C=O) groups is 3. The van der Waals surface area contributed by atoms with Gasteiger partial charge in [-0.1, -0.05) is 27.7 Å². The molecule has 0 radical (unpaired) electrons. The maximum absolute atomic E-state index is 12.5. The van der Waals surface area contributed by atoms with Crippen molar-refractivity contribution >= 4 is 28.8 Å². The molecule has 1 amide bonds. The number of ketones is 2. The lowest BCUT2D eigenvalue weighted by Gasteiger charge is -2.18. The van der Waals surface area contributed by atoms with Gasteiger partial charge in [0.15, 0.2) is 5.78 Å². The van der Waals surface area contributed by atoms with Crippen LogP contribution in [0.1, 0.15) is 56.5 Å². The zero-order valence-electron chi connectivity index (χ0n) is 15.6. The largest absolute Gasteiger partial charge is 0.306 e. The number of hydrogen-bond acceptors (Lipinski definition) is 5. The van der Waals surface area contributed by atoms with Crippen molar-refractivity contribution in [2.45, 2.75) is 47.0 Å². The van der Waals surface area contributed by atoms with Crippen molar-refractivity contribution in [1.82, 2.24) is 0 Å². The number of benzene rings is 1. The van der Waals surface area contributed by atoms with Gasteiger partial charge in [-0.15, -0.1) is 0 Å². The smallest absolute Gasteiger partial charge is 0.293 e. The molecule has 0 saturated carbocycles. The molecule has 1 aromatic carbocycles. The van der Waals surface area contributed by atoms with Gasteiger partial charge in [0.05, 0.1) is 4.92 Å². The van der Waals surface area contributed by atoms with Crippen LogP contribution in [0.2, 0.25) is 0 Å². The van der Waals surface area contributed by atoms with Crippen molar-refractivity contribution in [2.75, 3.05) is 11.4 Å². The van der Waals surface area contributed by atoms with Crippen LogP contribution >= 0.6 is 0 Å². The normalized spacial score (nSPS) is 13.2. The van der Waals surface area contributed by atoms with Crippen LogP contribution in [0, 0.1) is 22.0 Å². The number of rotatable bonds is 7. The lowest BCUT2D eigenvalue weighted by atomic mass is 9.97. The third-order valence-corrected chi connectivity index (χ3v) is 4.58. The van der Waals surface area contributed by atoms with Gasteiger partial charge in [0.25, 0.3) is 5.69 Å². The van der Waals surface area contributed by atoms with Gasteiger partial charge in [0.1, 0.15) is 11.5 Å². The van der Waals surface area contributed by atoms with Crippen molar-refractivity contribution in [1.29, 1.82) is 0 Å². The number of hydrogen-bond donors (Lipinski definition) is 0. The molecule has 0 aliphatic carbocycles. The molecular formula is C19H24N2O5. The molecule has 0 aromatic heterocycles. The highest BCUT2D eigenvalue weighted by atomic mass is 16.6. The summed E-state index contributed by atoms with van der Waals surface area (Å²) in [4.78, 5) is 48.9. The first-order chi connectivity index (χ1) is 12.1. The molecule has 140 valence electrons. The van der Waals surface area contributed by atoms with E-state index in [1.807, 2.05) is 0 Å². The molecule has 0 saturated heterocycles. The topological polar surface area (TPSA) is 97.6 Å². The number of nitrogens with zero attached hydrogens (tertiary/aromatic N) is 2. The van der Waals surface area contributed by atoms with Crippen molar-refractivity contribution < 1.29 is 19.3 Å². The van der Waals surface area contributed by atoms with Crippen LogP contribution in [0.5, 0.6) is 0 Å². The monoisotopic (exact) mass is 360 g/mol. The summed E-state index contributed by atoms with van der Waals surface area (Å²) in [5.41, 5.74) is 0.964. The quantitative estimate of drug-likeness (QED) is 0.422. The Morgan fingerprint density at radius 3 is 2.31 bits per heavy atom. The van der Waals surface area contributed by atoms with Gasteiger partial charge in [0, 0.05) is 42.9 Å². The van der Waals surface area contributed by atoms with E-state index in [4.69, 9.17) is 0 Å². The molecule has 1 aliphatic heterocycles. The molecule has 0 bridgehead atoms. The highest BCUT2D eigenvalue weighted by molar-refractivity contribution is 6.03. The van der Waals surface area contributed by atoms with E-state index in [1.165, 1.54) is 11.0 Å². The fraction of sp³-hybridized carbons (Fsp3) is 0.526. The van der Waals surface area contributed by atoms with Crippen LogP contribution in [-0.2, 0) is 16.0 Å². The SMILES string of the molecule is CC(C)C(=O)CCC(=O)N1CCc2cc(C(=O)C(C)C)cc([N+](=O)[O-])c21. The average Bonchev–Trinajstić information content (AvgIpc) is 3.01. The van der Waals surface area contributed by atoms with Crippen LogP contribution in [0.4, 0.5) is 11.4 Å². The predicted molar refractivity (Wildman–Crippen MR) is 97.4 cm³/mol. The van der Waals surface area contributed by atoms with Gasteiger partial charge in [-0.2, -0.15) is 0 Å². The summed E-state index contributed by atoms with van der Waals surface area (Å²) >= 11 is 0. The first kappa shape index (κ1) is 19.8. The molecular weight excluding hydrogens is 336 g/mol. The van der Waals surface area contributed by atoms with Gasteiger partial charge in [-0.3, -0.25) is 24.5 Å². The number of fused-ring (bicyclic) bond motifs is 1. The van der Waals surface area contributed by atoms with E-state index >= 15 is 0 Å². The third-order valence-electron chi connectivity index (χ3n) is 4.58. The number of amides is 1. The van der Waals surface area contributed by atoms with E-state index in [0.717, 1.165) is 0 Å². The maximum Gasteiger partial charge on any atom is 0.293 e. The fourth-order valence-electron chi connectivity index (χ4n) is 3.04. The molecule has 7 heteroatoms. The Bertz CT molecular complexity index is 767. The molecule has 1 heterocycles. The second kappa shape index (κ2) is 7.76. The van der Waals surface area contributed by atoms with Crippen LogP contribution < -0.4 is 4.90 Å². The number of nitro benzene ring substituents is 1. The van der Waals surface area contributed by atoms with E-state index in [-0.39, 0.29) is 53.5 Å². The zero-order valence-corrected chi connectivity index (χ0v) is 15.6. The number of carbonyl (C=O) groups excluding carboxylic acids is 3. The first-order valence-corrected chi connectivity index (χ1v) is 8.82. The Morgan fingerprint density at radius 2 is 1.77 bits per heavy atom. The first-order valence-electron chi connectivity index (χ1n) is 8.82. The molecule has 1 aliphatic rings. The Hall–Kier alpha value is -2.57. The second-order valence-electron chi connectivity index (χ2n) is 7.20. The lowest BCUT2D eigenvalue weighted by molar-refractivity contribution is -0.384. The molecule has 26 heavy (non-hydrogen) atoms. The Balaban J connectivity index is 2.33. The van der Waals surface area contributed by atoms with E-state index in [0.29, 0.717) is 24.1 Å². The highest BCUT2D eigenvalue weighted by Gasteiger charge is 2.34. The van der Waals surface area contributed by atoms with Crippen molar-refractivity contribution in [2.24, 2.45) is 11.8 Å². The van der Waals surface area contributed by atoms with Gasteiger partial charge >= 0.3 is 0 Å². The Morgan fingerprint density at radius 1 is 1.12 bits per heavy atom. The van der Waals surface area contributed by atoms with E-state index in [2.05, 4.69) is 0 Å². The number of Topliss-reactive ketones (excluding diaryl/α,β-unsaturated/α-hetero) is 2. The minimum atomic E-state index is -0.555. The summed E-state index contributed by atoms with van der Waals surface area (Å²) < 4.78 is 0. The highest BCUT2D eigenvalue weighted by Crippen LogP contribution is 2.39. The Kier molecular flexibility index (Phi) is 5.90. The molecule has 0 fully saturated rings. The Labute approximate surface area is 152 Å². The molecule has 0 unspecified atom stereocenters. The minimum absolute atomic E-state index is 0.00912. The summed E-state index contributed by atoms with van der Waals surface area (Å²) in [5.74, 6) is -0.890. The molecule has 0 N–H and O–H groups in total. The van der Waals surface area contributed by atoms with Crippen molar-refractivity contribution in [3.63, 3.8) is 0 Å². The minimum Gasteiger partial charge on any atom is -0.306 e. The molecule has 0 spiro atoms. The van der Waals surface area contributed by atoms with Crippen LogP contribution in [0.3, 0.4) is 0 Å². The molecule has 1 aromatic rings. The molecule has 0 atom stereocenters. The fourth-order valence-corrected chi connectivity index (χ4v) is 3.04. The third kappa shape index (κ3) is 3.98. The van der Waals surface area contributed by atoms with Gasteiger partial charge < -0.3 is 4.90 Å². The maximum atomic E-state index is 12.5. The van der Waals surface area contributed by atoms with Gasteiger partial charge in [-0.25, -0.2) is 0 Å². The summed E-state index contributed by atoms with van der Waals surface area (Å²) in [6.07, 6.45) is 0.611. The van der Waals surface area contributed by atoms with Gasteiger partial charge in [0.2, 0.25) is 5.91 Å². The average molecular weight is 360 g/mol. The summed E-state index contributed by atoms with van der Waals surface area (Å²) in [6, 6.07) is 2.91. The van der Waals surface area contributed by atoms with Crippen molar-refractivity contribution in [3.8, 4) is 0 Å². The van der Waals surface area contributed by atoms with Crippen LogP contribution in [0.25, 0.3) is 0 Å². The van der Waals surface area contributed by atoms with Gasteiger partial charge in [-0.05, 0) is 18.1 Å². The van der Waals surface area contributed by atoms with Crippen LogP contribution in [-0.4, -0.2) is 28.9 Å². The summed E-state index contributed by atoms with van der Waals surface area (Å²) in [6.45, 7) is 7.35. The summed E-state index contributed by atoms with van der Waals surface area (Å²) in [5, 5.41) is 11.5. The van der Waals surface area contributed by atoms with E-state index in [1.54, 1.807) is 33.8 Å². The lowest BCUT2D eigenvalue weighted by Crippen LogP contribution is -2.30. The van der Waals surface area contributed by atoms with E-state index < -0.39 is 4.92 Å². The van der Waals surface area contributed by atoms with E-state index in [9.17, 15) is 24.5 Å². The second-order valence-corrected chi connectivity index (χ2v) is 7.20. The molecule has 2 rings (SSSR count). The number of anilines is 1. The molecule has 7 nitrogen and oxygen atoms in total. The summed E-state index contributed by atoms with van der Waals surface area (Å²) in [7, 11) is 0. The van der Waals surface area contributed by atoms with Crippen LogP contribution in [0.15, 0.2) is 12.1 Å². The standard InChI is InChI=1S/C19H24N2O5/c1-11(2)16(22)5-6-17(23)20-8-7-13-9-14(19(24)12(3)4)10-15(18(13)20)21(25)26/h9-12H,5-8H2,1-4H3. The predicted octanol–water partition coefficient (Wildman–Crippen LogP) is 3.33.